The summed E-state index contributed by atoms with van der Waals surface area (Å²) in [6.45, 7) is 1.87. The number of carbonyl (C=O) groups excluding carboxylic acids is 1. The van der Waals surface area contributed by atoms with E-state index in [4.69, 9.17) is 0 Å². The summed E-state index contributed by atoms with van der Waals surface area (Å²) < 4.78 is 3.89. The van der Waals surface area contributed by atoms with Gasteiger partial charge in [0, 0.05) is 31.1 Å². The standard InChI is InChI=1S/C15H7I4NO2/c1-5-3-2-4-6(20-5)7-14(21)8-9(15(7)22)11(17)13(19)12(18)10(8)16/h2-4,21H,1H3. The number of carbonyl (C=O) groups is 1. The maximum absolute atomic E-state index is 12.9. The zero-order valence-corrected chi connectivity index (χ0v) is 19.7. The number of aliphatic hydroxyl groups excluding tert-OH is 1. The van der Waals surface area contributed by atoms with Crippen molar-refractivity contribution in [2.75, 3.05) is 0 Å². The summed E-state index contributed by atoms with van der Waals surface area (Å²) in [4.78, 5) is 17.3. The molecule has 1 aliphatic rings. The van der Waals surface area contributed by atoms with Crippen LogP contribution in [0, 0.1) is 21.2 Å². The van der Waals surface area contributed by atoms with Crippen molar-refractivity contribution in [1.82, 2.24) is 4.98 Å². The molecule has 1 aromatic carbocycles. The van der Waals surface area contributed by atoms with Crippen molar-refractivity contribution >= 4 is 107 Å². The Kier molecular flexibility index (Phi) is 5.06. The number of benzene rings is 1. The molecule has 22 heavy (non-hydrogen) atoms. The first-order chi connectivity index (χ1) is 10.3. The van der Waals surface area contributed by atoms with Gasteiger partial charge in [0.25, 0.3) is 0 Å². The Hall–Kier alpha value is 0.500. The van der Waals surface area contributed by atoms with Crippen molar-refractivity contribution in [2.24, 2.45) is 0 Å². The molecule has 2 aromatic rings. The predicted octanol–water partition coefficient (Wildman–Crippen LogP) is 5.43. The number of aryl methyl sites for hydroxylation is 1. The van der Waals surface area contributed by atoms with E-state index < -0.39 is 0 Å². The molecule has 3 nitrogen and oxygen atoms in total. The average Bonchev–Trinajstić information content (AvgIpc) is 2.74. The molecule has 7 heteroatoms. The quantitative estimate of drug-likeness (QED) is 0.241. The van der Waals surface area contributed by atoms with E-state index in [0.717, 1.165) is 20.0 Å². The molecule has 0 aliphatic heterocycles. The second-order valence-corrected chi connectivity index (χ2v) is 9.04. The van der Waals surface area contributed by atoms with E-state index >= 15 is 0 Å². The number of fused-ring (bicyclic) bond motifs is 1. The van der Waals surface area contributed by atoms with Crippen molar-refractivity contribution in [3.8, 4) is 0 Å². The zero-order valence-electron chi connectivity index (χ0n) is 11.0. The van der Waals surface area contributed by atoms with Crippen molar-refractivity contribution in [2.45, 2.75) is 6.92 Å². The lowest BCUT2D eigenvalue weighted by Crippen LogP contribution is -2.06. The molecule has 0 bridgehead atoms. The first-order valence-corrected chi connectivity index (χ1v) is 10.4. The highest BCUT2D eigenvalue weighted by atomic mass is 127. The monoisotopic (exact) mass is 741 g/mol. The minimum atomic E-state index is -0.151. The molecule has 0 saturated heterocycles. The SMILES string of the molecule is Cc1cccc(C2=C(O)c3c(I)c(I)c(I)c(I)c3C2=O)n1. The van der Waals surface area contributed by atoms with Crippen LogP contribution in [0.1, 0.15) is 27.3 Å². The van der Waals surface area contributed by atoms with Crippen molar-refractivity contribution in [3.05, 3.63) is 55.0 Å². The summed E-state index contributed by atoms with van der Waals surface area (Å²) in [5, 5.41) is 10.7. The van der Waals surface area contributed by atoms with Gasteiger partial charge >= 0.3 is 0 Å². The van der Waals surface area contributed by atoms with E-state index in [-0.39, 0.29) is 11.5 Å². The second-order valence-electron chi connectivity index (χ2n) is 4.72. The molecule has 1 aromatic heterocycles. The first kappa shape index (κ1) is 17.3. The minimum absolute atomic E-state index is 0.0368. The fourth-order valence-corrected chi connectivity index (χ4v) is 6.03. The Bertz CT molecular complexity index is 874. The van der Waals surface area contributed by atoms with Crippen molar-refractivity contribution in [3.63, 3.8) is 0 Å². The lowest BCUT2D eigenvalue weighted by Gasteiger charge is -2.10. The van der Waals surface area contributed by atoms with Crippen molar-refractivity contribution in [1.29, 1.82) is 0 Å². The normalized spacial score (nSPS) is 13.8. The number of nitrogens with zero attached hydrogens (tertiary/aromatic N) is 1. The summed E-state index contributed by atoms with van der Waals surface area (Å²) in [7, 11) is 0. The number of rotatable bonds is 1. The topological polar surface area (TPSA) is 50.2 Å². The third kappa shape index (κ3) is 2.62. The minimum Gasteiger partial charge on any atom is -0.506 e. The van der Waals surface area contributed by atoms with Gasteiger partial charge < -0.3 is 5.11 Å². The van der Waals surface area contributed by atoms with E-state index in [9.17, 15) is 9.90 Å². The van der Waals surface area contributed by atoms with Crippen LogP contribution in [0.4, 0.5) is 0 Å². The molecule has 3 rings (SSSR count). The lowest BCUT2D eigenvalue weighted by molar-refractivity contribution is 0.105. The zero-order chi connectivity index (χ0) is 16.2. The highest BCUT2D eigenvalue weighted by Crippen LogP contribution is 2.44. The van der Waals surface area contributed by atoms with E-state index in [1.807, 2.05) is 19.1 Å². The van der Waals surface area contributed by atoms with Crippen molar-refractivity contribution < 1.29 is 9.90 Å². The van der Waals surface area contributed by atoms with E-state index in [1.165, 1.54) is 0 Å². The average molecular weight is 741 g/mol. The van der Waals surface area contributed by atoms with E-state index in [0.29, 0.717) is 22.4 Å². The molecular formula is C15H7I4NO2. The predicted molar refractivity (Wildman–Crippen MR) is 120 cm³/mol. The van der Waals surface area contributed by atoms with Gasteiger partial charge in [-0.3, -0.25) is 9.78 Å². The number of aromatic nitrogens is 1. The largest absolute Gasteiger partial charge is 0.506 e. The molecular weight excluding hydrogens is 734 g/mol. The van der Waals surface area contributed by atoms with E-state index in [1.54, 1.807) is 6.07 Å². The maximum Gasteiger partial charge on any atom is 0.200 e. The number of halogens is 4. The Labute approximate surface area is 181 Å². The van der Waals surface area contributed by atoms with Gasteiger partial charge in [0.05, 0.1) is 11.3 Å². The summed E-state index contributed by atoms with van der Waals surface area (Å²) in [6.07, 6.45) is 0. The van der Waals surface area contributed by atoms with Gasteiger partial charge in [-0.25, -0.2) is 0 Å². The van der Waals surface area contributed by atoms with Crippen LogP contribution in [0.2, 0.25) is 0 Å². The maximum atomic E-state index is 12.9. The van der Waals surface area contributed by atoms with Gasteiger partial charge in [0.2, 0.25) is 5.78 Å². The molecule has 0 radical (unpaired) electrons. The van der Waals surface area contributed by atoms with Gasteiger partial charge in [-0.2, -0.15) is 0 Å². The van der Waals surface area contributed by atoms with Crippen LogP contribution in [-0.4, -0.2) is 15.9 Å². The highest BCUT2D eigenvalue weighted by molar-refractivity contribution is 14.1. The molecule has 1 heterocycles. The van der Waals surface area contributed by atoms with Crippen LogP contribution in [0.25, 0.3) is 11.3 Å². The molecule has 0 fully saturated rings. The number of aliphatic hydroxyl groups is 1. The fraction of sp³-hybridized carbons (Fsp3) is 0.0667. The van der Waals surface area contributed by atoms with Crippen LogP contribution in [-0.2, 0) is 0 Å². The molecule has 0 spiro atoms. The van der Waals surface area contributed by atoms with E-state index in [2.05, 4.69) is 95.3 Å². The van der Waals surface area contributed by atoms with Gasteiger partial charge in [-0.1, -0.05) is 6.07 Å². The molecule has 0 unspecified atom stereocenters. The fourth-order valence-electron chi connectivity index (χ4n) is 2.34. The van der Waals surface area contributed by atoms with Gasteiger partial charge in [-0.15, -0.1) is 0 Å². The molecule has 0 amide bonds. The number of ketones is 1. The van der Waals surface area contributed by atoms with Crippen LogP contribution in [0.5, 0.6) is 0 Å². The molecule has 0 atom stereocenters. The van der Waals surface area contributed by atoms with Crippen LogP contribution < -0.4 is 0 Å². The molecule has 0 saturated carbocycles. The Balaban J connectivity index is 2.33. The molecule has 1 aliphatic carbocycles. The second kappa shape index (κ2) is 6.43. The smallest absolute Gasteiger partial charge is 0.200 e. The Morgan fingerprint density at radius 1 is 0.955 bits per heavy atom. The Morgan fingerprint density at radius 2 is 1.55 bits per heavy atom. The number of allylic oxidation sites excluding steroid dienone is 1. The van der Waals surface area contributed by atoms with Gasteiger partial charge in [-0.05, 0) is 109 Å². The third-order valence-corrected chi connectivity index (χ3v) is 10.8. The van der Waals surface area contributed by atoms with Gasteiger partial charge in [0.15, 0.2) is 0 Å². The van der Waals surface area contributed by atoms with Crippen LogP contribution in [0.15, 0.2) is 18.2 Å². The number of hydrogen-bond donors (Lipinski definition) is 1. The summed E-state index contributed by atoms with van der Waals surface area (Å²) in [5.41, 5.74) is 2.86. The first-order valence-electron chi connectivity index (χ1n) is 6.12. The summed E-state index contributed by atoms with van der Waals surface area (Å²) in [5.74, 6) is -0.114. The highest BCUT2D eigenvalue weighted by Gasteiger charge is 2.37. The lowest BCUT2D eigenvalue weighted by atomic mass is 10.1. The summed E-state index contributed by atoms with van der Waals surface area (Å²) >= 11 is 8.87. The van der Waals surface area contributed by atoms with Crippen LogP contribution in [0.3, 0.4) is 0 Å². The van der Waals surface area contributed by atoms with Gasteiger partial charge in [0.1, 0.15) is 5.76 Å². The van der Waals surface area contributed by atoms with Crippen LogP contribution >= 0.6 is 90.4 Å². The molecule has 1 N–H and O–H groups in total. The molecule has 112 valence electrons. The number of Topliss-reactive ketones (excluding diaryl/α,β-unsaturated/α-hetero) is 1. The third-order valence-electron chi connectivity index (χ3n) is 3.34. The number of pyridine rings is 1. The Morgan fingerprint density at radius 3 is 2.14 bits per heavy atom. The summed E-state index contributed by atoms with van der Waals surface area (Å²) in [6, 6.07) is 5.47. The number of hydrogen-bond acceptors (Lipinski definition) is 3.